The van der Waals surface area contributed by atoms with Crippen LogP contribution in [-0.2, 0) is 24.9 Å². The number of aromatic nitrogens is 2. The molecule has 12 heteroatoms. The first-order valence-corrected chi connectivity index (χ1v) is 10.0. The fraction of sp³-hybridized carbons (Fsp3) is 0.476. The summed E-state index contributed by atoms with van der Waals surface area (Å²) < 4.78 is 59.0. The number of halogens is 3. The molecule has 0 amide bonds. The Hall–Kier alpha value is -2.80. The van der Waals surface area contributed by atoms with Gasteiger partial charge in [-0.1, -0.05) is 12.1 Å². The zero-order valence-electron chi connectivity index (χ0n) is 18.1. The van der Waals surface area contributed by atoms with E-state index in [-0.39, 0.29) is 41.7 Å². The van der Waals surface area contributed by atoms with E-state index < -0.39 is 48.3 Å². The van der Waals surface area contributed by atoms with Crippen molar-refractivity contribution in [1.82, 2.24) is 9.97 Å². The maximum Gasteiger partial charge on any atom is 0.339 e. The number of aliphatic carboxylic acids is 1. The van der Waals surface area contributed by atoms with Gasteiger partial charge in [0.1, 0.15) is 24.1 Å². The Morgan fingerprint density at radius 3 is 2.58 bits per heavy atom. The molecule has 180 valence electrons. The molecule has 1 aliphatic rings. The summed E-state index contributed by atoms with van der Waals surface area (Å²) >= 11 is 0. The first kappa shape index (κ1) is 24.8. The fourth-order valence-electron chi connectivity index (χ4n) is 3.53. The Labute approximate surface area is 187 Å². The number of aryl methyl sites for hydroxylation is 1. The summed E-state index contributed by atoms with van der Waals surface area (Å²) in [5.41, 5.74) is -0.917. The van der Waals surface area contributed by atoms with Crippen LogP contribution >= 0.6 is 0 Å². The molecule has 1 fully saturated rings. The molecule has 9 nitrogen and oxygen atoms in total. The monoisotopic (exact) mass is 471 g/mol. The van der Waals surface area contributed by atoms with E-state index in [2.05, 4.69) is 15.3 Å². The molecule has 2 aromatic rings. The van der Waals surface area contributed by atoms with E-state index in [0.717, 1.165) is 6.07 Å². The van der Waals surface area contributed by atoms with E-state index in [1.165, 1.54) is 33.1 Å². The van der Waals surface area contributed by atoms with Crippen molar-refractivity contribution in [2.75, 3.05) is 32.2 Å². The van der Waals surface area contributed by atoms with Gasteiger partial charge in [-0.25, -0.2) is 19.2 Å². The number of anilines is 1. The van der Waals surface area contributed by atoms with E-state index >= 15 is 0 Å². The lowest BCUT2D eigenvalue weighted by Gasteiger charge is -2.25. The van der Waals surface area contributed by atoms with Gasteiger partial charge in [-0.05, 0) is 19.9 Å². The first-order chi connectivity index (χ1) is 15.6. The lowest BCUT2D eigenvalue weighted by molar-refractivity contribution is -0.149. The van der Waals surface area contributed by atoms with Gasteiger partial charge >= 0.3 is 5.97 Å². The van der Waals surface area contributed by atoms with Crippen molar-refractivity contribution >= 4 is 11.8 Å². The van der Waals surface area contributed by atoms with E-state index in [9.17, 15) is 23.1 Å². The molecule has 0 bridgehead atoms. The molecule has 33 heavy (non-hydrogen) atoms. The Balaban J connectivity index is 2.08. The first-order valence-electron chi connectivity index (χ1n) is 10.0. The molecule has 0 saturated carbocycles. The molecule has 1 unspecified atom stereocenters. The Bertz CT molecular complexity index is 1020. The number of benzene rings is 1. The highest BCUT2D eigenvalue weighted by molar-refractivity contribution is 5.75. The number of ether oxygens (including phenoxy) is 3. The molecular formula is C21H24F3N3O6. The van der Waals surface area contributed by atoms with Gasteiger partial charge < -0.3 is 29.7 Å². The summed E-state index contributed by atoms with van der Waals surface area (Å²) in [6.45, 7) is 1.98. The quantitative estimate of drug-likeness (QED) is 0.506. The van der Waals surface area contributed by atoms with Crippen LogP contribution in [0.1, 0.15) is 53.6 Å². The van der Waals surface area contributed by atoms with E-state index in [1.54, 1.807) is 0 Å². The van der Waals surface area contributed by atoms with Crippen LogP contribution in [0, 0.1) is 12.7 Å². The van der Waals surface area contributed by atoms with Crippen molar-refractivity contribution in [2.45, 2.75) is 38.2 Å². The predicted molar refractivity (Wildman–Crippen MR) is 108 cm³/mol. The number of alkyl halides is 2. The van der Waals surface area contributed by atoms with Crippen LogP contribution in [0.5, 0.6) is 0 Å². The lowest BCUT2D eigenvalue weighted by atomic mass is 10.00. The number of carboxylic acid groups (broad SMARTS) is 1. The summed E-state index contributed by atoms with van der Waals surface area (Å²) in [7, 11) is 1.20. The largest absolute Gasteiger partial charge is 0.479 e. The smallest absolute Gasteiger partial charge is 0.339 e. The Kier molecular flexibility index (Phi) is 7.52. The van der Waals surface area contributed by atoms with Crippen LogP contribution in [0.4, 0.5) is 19.0 Å². The molecule has 1 aromatic heterocycles. The van der Waals surface area contributed by atoms with Gasteiger partial charge in [0.25, 0.3) is 5.92 Å². The molecule has 3 rings (SSSR count). The molecule has 0 radical (unpaired) electrons. The highest BCUT2D eigenvalue weighted by Gasteiger charge is 2.36. The topological polar surface area (TPSA) is 123 Å². The van der Waals surface area contributed by atoms with Crippen molar-refractivity contribution in [1.29, 1.82) is 0 Å². The summed E-state index contributed by atoms with van der Waals surface area (Å²) in [4.78, 5) is 20.2. The normalized spacial score (nSPS) is 16.6. The number of aliphatic hydroxyl groups is 1. The SMILES string of the molecule is COC(C(=O)O)c1nc(C)nc(N[C@H](C)c2cccc(C(F)(F)CO)c2F)c1C1OCCO1. The number of carbonyl (C=O) groups is 1. The summed E-state index contributed by atoms with van der Waals surface area (Å²) in [5.74, 6) is -5.98. The van der Waals surface area contributed by atoms with Gasteiger partial charge in [0, 0.05) is 12.7 Å². The zero-order chi connectivity index (χ0) is 24.3. The number of aliphatic hydroxyl groups excluding tert-OH is 1. The third-order valence-corrected chi connectivity index (χ3v) is 5.09. The summed E-state index contributed by atoms with van der Waals surface area (Å²) in [5, 5.41) is 21.4. The molecule has 0 spiro atoms. The number of methoxy groups -OCH3 is 1. The van der Waals surface area contributed by atoms with E-state index in [1.807, 2.05) is 0 Å². The molecule has 1 saturated heterocycles. The van der Waals surface area contributed by atoms with Crippen molar-refractivity contribution < 1.29 is 42.4 Å². The number of hydrogen-bond acceptors (Lipinski definition) is 8. The number of carboxylic acids is 1. The minimum Gasteiger partial charge on any atom is -0.479 e. The van der Waals surface area contributed by atoms with Crippen molar-refractivity contribution in [3.8, 4) is 0 Å². The lowest BCUT2D eigenvalue weighted by Crippen LogP contribution is -2.24. The van der Waals surface area contributed by atoms with Gasteiger partial charge in [0.05, 0.1) is 36.1 Å². The zero-order valence-corrected chi connectivity index (χ0v) is 18.1. The molecule has 1 aromatic carbocycles. The average molecular weight is 471 g/mol. The Morgan fingerprint density at radius 1 is 1.33 bits per heavy atom. The number of nitrogens with zero attached hydrogens (tertiary/aromatic N) is 2. The van der Waals surface area contributed by atoms with Gasteiger partial charge in [0.2, 0.25) is 0 Å². The van der Waals surface area contributed by atoms with Crippen LogP contribution in [-0.4, -0.2) is 53.1 Å². The van der Waals surface area contributed by atoms with E-state index in [4.69, 9.17) is 19.3 Å². The van der Waals surface area contributed by atoms with Gasteiger partial charge in [-0.2, -0.15) is 8.78 Å². The summed E-state index contributed by atoms with van der Waals surface area (Å²) in [6.07, 6.45) is -2.48. The number of nitrogens with one attached hydrogen (secondary N) is 1. The van der Waals surface area contributed by atoms with Crippen LogP contribution in [0.25, 0.3) is 0 Å². The molecular weight excluding hydrogens is 447 g/mol. The highest BCUT2D eigenvalue weighted by atomic mass is 19.3. The van der Waals surface area contributed by atoms with Crippen molar-refractivity contribution in [3.05, 3.63) is 52.2 Å². The maximum atomic E-state index is 14.9. The third kappa shape index (κ3) is 5.08. The molecule has 2 atom stereocenters. The van der Waals surface area contributed by atoms with Gasteiger partial charge in [-0.15, -0.1) is 0 Å². The van der Waals surface area contributed by atoms with Crippen molar-refractivity contribution in [3.63, 3.8) is 0 Å². The standard InChI is InChI=1S/C21H24F3N3O6/c1-10(12-5-4-6-13(15(12)22)21(23,24)9-28)25-18-14(20-32-7-8-33-20)16(26-11(2)27-18)17(31-3)19(29)30/h4-6,10,17,20,28H,7-9H2,1-3H3,(H,29,30)(H,25,26,27)/t10-,17?/m1/s1. The second-order valence-corrected chi connectivity index (χ2v) is 7.38. The second kappa shape index (κ2) is 10.00. The minimum atomic E-state index is -3.76. The molecule has 2 heterocycles. The maximum absolute atomic E-state index is 14.9. The molecule has 3 N–H and O–H groups in total. The van der Waals surface area contributed by atoms with Crippen LogP contribution in [0.2, 0.25) is 0 Å². The van der Waals surface area contributed by atoms with Crippen LogP contribution < -0.4 is 5.32 Å². The molecule has 1 aliphatic heterocycles. The van der Waals surface area contributed by atoms with Crippen molar-refractivity contribution in [2.24, 2.45) is 0 Å². The highest BCUT2D eigenvalue weighted by Crippen LogP contribution is 2.37. The van der Waals surface area contributed by atoms with E-state index in [0.29, 0.717) is 0 Å². The fourth-order valence-corrected chi connectivity index (χ4v) is 3.53. The molecule has 0 aliphatic carbocycles. The van der Waals surface area contributed by atoms with Crippen LogP contribution in [0.15, 0.2) is 18.2 Å². The van der Waals surface area contributed by atoms with Gasteiger partial charge in [-0.3, -0.25) is 0 Å². The van der Waals surface area contributed by atoms with Gasteiger partial charge in [0.15, 0.2) is 12.4 Å². The number of rotatable bonds is 9. The Morgan fingerprint density at radius 2 is 2.00 bits per heavy atom. The third-order valence-electron chi connectivity index (χ3n) is 5.09. The minimum absolute atomic E-state index is 0.0138. The average Bonchev–Trinajstić information content (AvgIpc) is 3.28. The second-order valence-electron chi connectivity index (χ2n) is 7.38. The summed E-state index contributed by atoms with van der Waals surface area (Å²) in [6, 6.07) is 2.57. The number of hydrogen-bond donors (Lipinski definition) is 3. The predicted octanol–water partition coefficient (Wildman–Crippen LogP) is 3.00. The van der Waals surface area contributed by atoms with Crippen LogP contribution in [0.3, 0.4) is 0 Å².